The Labute approximate surface area is 366 Å². The lowest BCUT2D eigenvalue weighted by atomic mass is 10.0. The SMILES string of the molecule is CC/C=C/C/C=C/CCCCCCCCCC(=O)OC(CCC/C=C\CCCCCCCC)CC(=O)NC(CO)C(O)CCCCCCCCCCCCCCCCC. The van der Waals surface area contributed by atoms with Gasteiger partial charge in [0.05, 0.1) is 25.2 Å². The maximum absolute atomic E-state index is 13.2. The van der Waals surface area contributed by atoms with Crippen LogP contribution < -0.4 is 5.32 Å². The highest BCUT2D eigenvalue weighted by molar-refractivity contribution is 5.77. The highest BCUT2D eigenvalue weighted by Crippen LogP contribution is 2.17. The first-order valence-electron chi connectivity index (χ1n) is 25.7. The summed E-state index contributed by atoms with van der Waals surface area (Å²) in [6.45, 7) is 6.37. The maximum Gasteiger partial charge on any atom is 0.306 e. The monoisotopic (exact) mass is 830 g/mol. The number of carbonyl (C=O) groups excluding carboxylic acids is 2. The molecule has 0 aromatic carbocycles. The van der Waals surface area contributed by atoms with Crippen molar-refractivity contribution in [3.05, 3.63) is 36.5 Å². The molecule has 0 radical (unpaired) electrons. The molecule has 0 aromatic rings. The summed E-state index contributed by atoms with van der Waals surface area (Å²) in [4.78, 5) is 26.1. The van der Waals surface area contributed by atoms with E-state index in [1.165, 1.54) is 141 Å². The van der Waals surface area contributed by atoms with Crippen molar-refractivity contribution in [1.29, 1.82) is 0 Å². The molecule has 0 rings (SSSR count). The number of unbranched alkanes of at least 4 members (excludes halogenated alkanes) is 28. The number of esters is 1. The van der Waals surface area contributed by atoms with Gasteiger partial charge in [-0.2, -0.15) is 0 Å². The molecule has 3 N–H and O–H groups in total. The molecule has 0 aliphatic carbocycles. The summed E-state index contributed by atoms with van der Waals surface area (Å²) in [5, 5.41) is 23.8. The van der Waals surface area contributed by atoms with Crippen molar-refractivity contribution in [3.63, 3.8) is 0 Å². The second-order valence-electron chi connectivity index (χ2n) is 17.5. The molecule has 3 unspecified atom stereocenters. The van der Waals surface area contributed by atoms with Crippen molar-refractivity contribution >= 4 is 11.9 Å². The molecule has 59 heavy (non-hydrogen) atoms. The molecule has 0 spiro atoms. The van der Waals surface area contributed by atoms with E-state index in [2.05, 4.69) is 62.5 Å². The normalized spacial score (nSPS) is 13.5. The van der Waals surface area contributed by atoms with Crippen molar-refractivity contribution in [2.24, 2.45) is 0 Å². The third kappa shape index (κ3) is 42.6. The van der Waals surface area contributed by atoms with Gasteiger partial charge in [0.2, 0.25) is 5.91 Å². The highest BCUT2D eigenvalue weighted by atomic mass is 16.5. The van der Waals surface area contributed by atoms with E-state index in [0.717, 1.165) is 77.0 Å². The van der Waals surface area contributed by atoms with Crippen LogP contribution in [0.3, 0.4) is 0 Å². The topological polar surface area (TPSA) is 95.9 Å². The minimum atomic E-state index is -0.793. The standard InChI is InChI=1S/C53H99NO5/c1-4-7-10-13-16-19-22-24-26-27-30-33-36-39-42-45-51(56)50(48-55)54-52(57)47-49(44-41-38-35-32-29-21-18-15-12-9-6-3)59-53(58)46-43-40-37-34-31-28-25-23-20-17-14-11-8-5-2/h8,11,17,20,32,35,49-51,55-56H,4-7,9-10,12-16,18-19,21-31,33-34,36-48H2,1-3H3,(H,54,57)/b11-8+,20-17+,35-32-. The Morgan fingerprint density at radius 2 is 0.932 bits per heavy atom. The fourth-order valence-electron chi connectivity index (χ4n) is 7.82. The van der Waals surface area contributed by atoms with Gasteiger partial charge < -0.3 is 20.3 Å². The summed E-state index contributed by atoms with van der Waals surface area (Å²) in [6, 6.07) is -0.708. The van der Waals surface area contributed by atoms with Gasteiger partial charge in [-0.3, -0.25) is 9.59 Å². The number of hydrogen-bond donors (Lipinski definition) is 3. The van der Waals surface area contributed by atoms with Gasteiger partial charge in [-0.25, -0.2) is 0 Å². The number of carbonyl (C=O) groups is 2. The summed E-state index contributed by atoms with van der Waals surface area (Å²) in [7, 11) is 0. The molecule has 0 fully saturated rings. The Bertz CT molecular complexity index is 977. The van der Waals surface area contributed by atoms with E-state index >= 15 is 0 Å². The van der Waals surface area contributed by atoms with Crippen LogP contribution in [0.25, 0.3) is 0 Å². The van der Waals surface area contributed by atoms with Gasteiger partial charge in [-0.15, -0.1) is 0 Å². The lowest BCUT2D eigenvalue weighted by molar-refractivity contribution is -0.151. The van der Waals surface area contributed by atoms with Crippen LogP contribution in [0.15, 0.2) is 36.5 Å². The second-order valence-corrected chi connectivity index (χ2v) is 17.5. The lowest BCUT2D eigenvalue weighted by Gasteiger charge is -2.24. The fraction of sp³-hybridized carbons (Fsp3) is 0.849. The second kappa shape index (κ2) is 47.1. The molecule has 0 saturated carbocycles. The van der Waals surface area contributed by atoms with Crippen LogP contribution in [0.2, 0.25) is 0 Å². The molecular weight excluding hydrogens is 731 g/mol. The predicted octanol–water partition coefficient (Wildman–Crippen LogP) is 15.3. The van der Waals surface area contributed by atoms with Crippen molar-refractivity contribution in [2.45, 2.75) is 283 Å². The molecule has 6 nitrogen and oxygen atoms in total. The molecule has 0 heterocycles. The van der Waals surface area contributed by atoms with E-state index in [4.69, 9.17) is 4.74 Å². The Hall–Kier alpha value is -1.92. The Kier molecular flexibility index (Phi) is 45.6. The summed E-state index contributed by atoms with van der Waals surface area (Å²) in [5.74, 6) is -0.506. The van der Waals surface area contributed by atoms with Gasteiger partial charge in [0.1, 0.15) is 6.10 Å². The molecule has 3 atom stereocenters. The van der Waals surface area contributed by atoms with Gasteiger partial charge in [0, 0.05) is 6.42 Å². The van der Waals surface area contributed by atoms with Crippen LogP contribution >= 0.6 is 0 Å². The zero-order valence-electron chi connectivity index (χ0n) is 39.4. The highest BCUT2D eigenvalue weighted by Gasteiger charge is 2.24. The number of allylic oxidation sites excluding steroid dienone is 6. The average Bonchev–Trinajstić information content (AvgIpc) is 3.23. The minimum Gasteiger partial charge on any atom is -0.462 e. The zero-order valence-corrected chi connectivity index (χ0v) is 39.4. The van der Waals surface area contributed by atoms with Crippen LogP contribution in [0, 0.1) is 0 Å². The van der Waals surface area contributed by atoms with E-state index in [9.17, 15) is 19.8 Å². The summed E-state index contributed by atoms with van der Waals surface area (Å²) in [5.41, 5.74) is 0. The van der Waals surface area contributed by atoms with E-state index in [1.807, 2.05) is 0 Å². The van der Waals surface area contributed by atoms with E-state index in [0.29, 0.717) is 19.3 Å². The van der Waals surface area contributed by atoms with Crippen LogP contribution in [0.1, 0.15) is 265 Å². The first-order chi connectivity index (χ1) is 29.0. The Morgan fingerprint density at radius 3 is 1.42 bits per heavy atom. The molecule has 346 valence electrons. The van der Waals surface area contributed by atoms with Gasteiger partial charge in [0.25, 0.3) is 0 Å². The van der Waals surface area contributed by atoms with Crippen molar-refractivity contribution in [3.8, 4) is 0 Å². The summed E-state index contributed by atoms with van der Waals surface area (Å²) < 4.78 is 5.90. The number of nitrogens with one attached hydrogen (secondary N) is 1. The van der Waals surface area contributed by atoms with Crippen molar-refractivity contribution in [2.75, 3.05) is 6.61 Å². The first kappa shape index (κ1) is 57.1. The number of rotatable bonds is 46. The van der Waals surface area contributed by atoms with Crippen LogP contribution in [-0.4, -0.2) is 46.9 Å². The van der Waals surface area contributed by atoms with Crippen molar-refractivity contribution < 1.29 is 24.5 Å². The van der Waals surface area contributed by atoms with Crippen molar-refractivity contribution in [1.82, 2.24) is 5.32 Å². The van der Waals surface area contributed by atoms with Crippen LogP contribution in [-0.2, 0) is 14.3 Å². The number of amides is 1. The van der Waals surface area contributed by atoms with Gasteiger partial charge in [-0.05, 0) is 70.6 Å². The fourth-order valence-corrected chi connectivity index (χ4v) is 7.82. The molecule has 6 heteroatoms. The molecule has 1 amide bonds. The van der Waals surface area contributed by atoms with Crippen LogP contribution in [0.4, 0.5) is 0 Å². The first-order valence-corrected chi connectivity index (χ1v) is 25.7. The summed E-state index contributed by atoms with van der Waals surface area (Å²) >= 11 is 0. The molecule has 0 bridgehead atoms. The predicted molar refractivity (Wildman–Crippen MR) is 255 cm³/mol. The number of ether oxygens (including phenoxy) is 1. The van der Waals surface area contributed by atoms with Gasteiger partial charge >= 0.3 is 5.97 Å². The minimum absolute atomic E-state index is 0.0556. The molecule has 0 aliphatic rings. The third-order valence-electron chi connectivity index (χ3n) is 11.7. The number of aliphatic hydroxyl groups excluding tert-OH is 2. The molecule has 0 aliphatic heterocycles. The summed E-state index contributed by atoms with van der Waals surface area (Å²) in [6.07, 6.45) is 54.9. The van der Waals surface area contributed by atoms with E-state index in [-0.39, 0.29) is 24.9 Å². The van der Waals surface area contributed by atoms with E-state index < -0.39 is 18.2 Å². The largest absolute Gasteiger partial charge is 0.462 e. The number of hydrogen-bond acceptors (Lipinski definition) is 5. The van der Waals surface area contributed by atoms with E-state index in [1.54, 1.807) is 0 Å². The molecule has 0 saturated heterocycles. The molecule has 0 aromatic heterocycles. The Morgan fingerprint density at radius 1 is 0.508 bits per heavy atom. The maximum atomic E-state index is 13.2. The van der Waals surface area contributed by atoms with Gasteiger partial charge in [0.15, 0.2) is 0 Å². The lowest BCUT2D eigenvalue weighted by Crippen LogP contribution is -2.46. The van der Waals surface area contributed by atoms with Gasteiger partial charge in [-0.1, -0.05) is 218 Å². The smallest absolute Gasteiger partial charge is 0.306 e. The Balaban J connectivity index is 4.53. The van der Waals surface area contributed by atoms with Crippen LogP contribution in [0.5, 0.6) is 0 Å². The zero-order chi connectivity index (χ0) is 43.1. The average molecular weight is 830 g/mol. The quantitative estimate of drug-likeness (QED) is 0.0323. The molecular formula is C53H99NO5. The number of aliphatic hydroxyl groups is 2. The third-order valence-corrected chi connectivity index (χ3v) is 11.7.